The summed E-state index contributed by atoms with van der Waals surface area (Å²) in [4.78, 5) is 16.4. The molecule has 3 aromatic rings. The number of nitrogens with zero attached hydrogens (tertiary/aromatic N) is 1. The van der Waals surface area contributed by atoms with E-state index < -0.39 is 0 Å². The number of hydrogen-bond donors (Lipinski definition) is 1. The number of carbonyl (C=O) groups excluding carboxylic acids is 1. The topological polar surface area (TPSA) is 64.4 Å². The van der Waals surface area contributed by atoms with Crippen LogP contribution in [0, 0.1) is 0 Å². The first-order chi connectivity index (χ1) is 10.8. The molecule has 0 unspecified atom stereocenters. The SMILES string of the molecule is O=C(Nc1nc(-c2ccc3c(c2)CCO3)cs1)c1ccco1. The van der Waals surface area contributed by atoms with Crippen LogP contribution in [0.15, 0.2) is 46.4 Å². The lowest BCUT2D eigenvalue weighted by molar-refractivity contribution is 0.0996. The van der Waals surface area contributed by atoms with Gasteiger partial charge in [0.05, 0.1) is 18.6 Å². The molecule has 0 spiro atoms. The molecule has 1 aliphatic heterocycles. The van der Waals surface area contributed by atoms with Crippen molar-refractivity contribution in [1.29, 1.82) is 0 Å². The number of nitrogens with one attached hydrogen (secondary N) is 1. The number of rotatable bonds is 3. The molecule has 3 heterocycles. The van der Waals surface area contributed by atoms with Crippen LogP contribution in [0.3, 0.4) is 0 Å². The van der Waals surface area contributed by atoms with Gasteiger partial charge in [-0.05, 0) is 35.9 Å². The van der Waals surface area contributed by atoms with E-state index in [4.69, 9.17) is 9.15 Å². The van der Waals surface area contributed by atoms with Gasteiger partial charge in [0.2, 0.25) is 0 Å². The summed E-state index contributed by atoms with van der Waals surface area (Å²) in [7, 11) is 0. The highest BCUT2D eigenvalue weighted by atomic mass is 32.1. The second-order valence-corrected chi connectivity index (χ2v) is 5.75. The third-order valence-electron chi connectivity index (χ3n) is 3.45. The zero-order valence-corrected chi connectivity index (χ0v) is 12.4. The Hall–Kier alpha value is -2.60. The highest BCUT2D eigenvalue weighted by Crippen LogP contribution is 2.32. The Morgan fingerprint density at radius 3 is 3.14 bits per heavy atom. The largest absolute Gasteiger partial charge is 0.493 e. The molecule has 0 fully saturated rings. The average Bonchev–Trinajstić information content (AvgIpc) is 3.27. The van der Waals surface area contributed by atoms with Crippen molar-refractivity contribution in [3.05, 3.63) is 53.3 Å². The van der Waals surface area contributed by atoms with Crippen molar-refractivity contribution in [1.82, 2.24) is 4.98 Å². The van der Waals surface area contributed by atoms with Crippen LogP contribution in [0.25, 0.3) is 11.3 Å². The Morgan fingerprint density at radius 2 is 2.27 bits per heavy atom. The fourth-order valence-corrected chi connectivity index (χ4v) is 3.09. The first-order valence-corrected chi connectivity index (χ1v) is 7.74. The number of aromatic nitrogens is 1. The minimum atomic E-state index is -0.298. The zero-order valence-electron chi connectivity index (χ0n) is 11.5. The van der Waals surface area contributed by atoms with Gasteiger partial charge in [0.15, 0.2) is 10.9 Å². The van der Waals surface area contributed by atoms with Gasteiger partial charge in [0.1, 0.15) is 5.75 Å². The van der Waals surface area contributed by atoms with Gasteiger partial charge in [-0.15, -0.1) is 11.3 Å². The van der Waals surface area contributed by atoms with Crippen LogP contribution in [0.4, 0.5) is 5.13 Å². The predicted molar refractivity (Wildman–Crippen MR) is 83.4 cm³/mol. The first-order valence-electron chi connectivity index (χ1n) is 6.86. The van der Waals surface area contributed by atoms with Crippen molar-refractivity contribution < 1.29 is 13.9 Å². The number of anilines is 1. The van der Waals surface area contributed by atoms with Crippen molar-refractivity contribution in [2.24, 2.45) is 0 Å². The Balaban J connectivity index is 1.55. The van der Waals surface area contributed by atoms with Crippen LogP contribution in [-0.2, 0) is 6.42 Å². The van der Waals surface area contributed by atoms with Crippen LogP contribution in [0.1, 0.15) is 16.1 Å². The van der Waals surface area contributed by atoms with Crippen molar-refractivity contribution in [2.45, 2.75) is 6.42 Å². The lowest BCUT2D eigenvalue weighted by atomic mass is 10.1. The van der Waals surface area contributed by atoms with Gasteiger partial charge in [-0.3, -0.25) is 10.1 Å². The monoisotopic (exact) mass is 312 g/mol. The summed E-state index contributed by atoms with van der Waals surface area (Å²) in [5, 5.41) is 5.21. The molecule has 1 N–H and O–H groups in total. The molecule has 6 heteroatoms. The molecular weight excluding hydrogens is 300 g/mol. The summed E-state index contributed by atoms with van der Waals surface area (Å²) in [6.07, 6.45) is 2.39. The third kappa shape index (κ3) is 2.37. The number of carbonyl (C=O) groups is 1. The molecule has 0 aliphatic carbocycles. The molecule has 0 radical (unpaired) electrons. The van der Waals surface area contributed by atoms with E-state index in [1.165, 1.54) is 23.2 Å². The molecule has 0 saturated carbocycles. The number of amides is 1. The number of thiazole rings is 1. The molecule has 0 saturated heterocycles. The van der Waals surface area contributed by atoms with E-state index in [9.17, 15) is 4.79 Å². The van der Waals surface area contributed by atoms with E-state index in [1.54, 1.807) is 12.1 Å². The summed E-state index contributed by atoms with van der Waals surface area (Å²) in [6, 6.07) is 9.34. The van der Waals surface area contributed by atoms with Gasteiger partial charge in [-0.2, -0.15) is 0 Å². The first kappa shape index (κ1) is 13.1. The highest BCUT2D eigenvalue weighted by molar-refractivity contribution is 7.14. The fraction of sp³-hybridized carbons (Fsp3) is 0.125. The van der Waals surface area contributed by atoms with Gasteiger partial charge in [0.25, 0.3) is 5.91 Å². The molecule has 22 heavy (non-hydrogen) atoms. The minimum Gasteiger partial charge on any atom is -0.493 e. The van der Waals surface area contributed by atoms with Gasteiger partial charge in [-0.25, -0.2) is 4.98 Å². The summed E-state index contributed by atoms with van der Waals surface area (Å²) < 4.78 is 10.6. The molecule has 1 amide bonds. The summed E-state index contributed by atoms with van der Waals surface area (Å²) >= 11 is 1.39. The standard InChI is InChI=1S/C16H12N2O3S/c19-15(14-2-1-6-20-14)18-16-17-12(9-22-16)10-3-4-13-11(8-10)5-7-21-13/h1-4,6,8-9H,5,7H2,(H,17,18,19). The number of fused-ring (bicyclic) bond motifs is 1. The lowest BCUT2D eigenvalue weighted by Gasteiger charge is -2.01. The molecule has 0 bridgehead atoms. The normalized spacial score (nSPS) is 12.7. The van der Waals surface area contributed by atoms with Crippen molar-refractivity contribution in [3.8, 4) is 17.0 Å². The van der Waals surface area contributed by atoms with Crippen molar-refractivity contribution in [2.75, 3.05) is 11.9 Å². The van der Waals surface area contributed by atoms with Gasteiger partial charge in [-0.1, -0.05) is 0 Å². The Labute approximate surface area is 130 Å². The lowest BCUT2D eigenvalue weighted by Crippen LogP contribution is -2.10. The Bertz CT molecular complexity index is 824. The minimum absolute atomic E-state index is 0.270. The highest BCUT2D eigenvalue weighted by Gasteiger charge is 2.15. The van der Waals surface area contributed by atoms with E-state index in [2.05, 4.69) is 16.4 Å². The van der Waals surface area contributed by atoms with E-state index in [1.807, 2.05) is 17.5 Å². The van der Waals surface area contributed by atoms with Gasteiger partial charge < -0.3 is 9.15 Å². The fourth-order valence-electron chi connectivity index (χ4n) is 2.38. The molecule has 1 aromatic carbocycles. The van der Waals surface area contributed by atoms with E-state index >= 15 is 0 Å². The zero-order chi connectivity index (χ0) is 14.9. The summed E-state index contributed by atoms with van der Waals surface area (Å²) in [5.74, 6) is 0.921. The van der Waals surface area contributed by atoms with Crippen LogP contribution < -0.4 is 10.1 Å². The molecule has 0 atom stereocenters. The molecule has 5 nitrogen and oxygen atoms in total. The van der Waals surface area contributed by atoms with Gasteiger partial charge in [0, 0.05) is 17.4 Å². The Morgan fingerprint density at radius 1 is 1.32 bits per heavy atom. The molecule has 1 aliphatic rings. The van der Waals surface area contributed by atoms with E-state index in [-0.39, 0.29) is 11.7 Å². The third-order valence-corrected chi connectivity index (χ3v) is 4.21. The van der Waals surface area contributed by atoms with E-state index in [0.717, 1.165) is 30.0 Å². The molecule has 2 aromatic heterocycles. The maximum absolute atomic E-state index is 11.9. The molecule has 110 valence electrons. The van der Waals surface area contributed by atoms with Crippen molar-refractivity contribution >= 4 is 22.4 Å². The molecule has 4 rings (SSSR count). The Kier molecular flexibility index (Phi) is 3.16. The van der Waals surface area contributed by atoms with Gasteiger partial charge >= 0.3 is 0 Å². The number of benzene rings is 1. The predicted octanol–water partition coefficient (Wildman–Crippen LogP) is 3.59. The second-order valence-electron chi connectivity index (χ2n) is 4.89. The summed E-state index contributed by atoms with van der Waals surface area (Å²) in [6.45, 7) is 0.736. The summed E-state index contributed by atoms with van der Waals surface area (Å²) in [5.41, 5.74) is 3.07. The van der Waals surface area contributed by atoms with Crippen LogP contribution in [0.2, 0.25) is 0 Å². The van der Waals surface area contributed by atoms with Crippen molar-refractivity contribution in [3.63, 3.8) is 0 Å². The number of hydrogen-bond acceptors (Lipinski definition) is 5. The average molecular weight is 312 g/mol. The van der Waals surface area contributed by atoms with E-state index in [0.29, 0.717) is 5.13 Å². The van der Waals surface area contributed by atoms with Crippen LogP contribution in [-0.4, -0.2) is 17.5 Å². The quantitative estimate of drug-likeness (QED) is 0.802. The maximum Gasteiger partial charge on any atom is 0.293 e. The van der Waals surface area contributed by atoms with Crippen LogP contribution >= 0.6 is 11.3 Å². The van der Waals surface area contributed by atoms with Crippen LogP contribution in [0.5, 0.6) is 5.75 Å². The maximum atomic E-state index is 11.9. The molecular formula is C16H12N2O3S. The second kappa shape index (κ2) is 5.31. The number of ether oxygens (including phenoxy) is 1. The smallest absolute Gasteiger partial charge is 0.293 e. The number of furan rings is 1.